The monoisotopic (exact) mass is 1600 g/mol. The van der Waals surface area contributed by atoms with Gasteiger partial charge in [0.25, 0.3) is 0 Å². The molecule has 5 fully saturated rings. The van der Waals surface area contributed by atoms with E-state index < -0.39 is 96.8 Å². The van der Waals surface area contributed by atoms with E-state index in [1.807, 2.05) is 81.4 Å². The molecule has 2 aromatic carbocycles. The van der Waals surface area contributed by atoms with Gasteiger partial charge in [-0.3, -0.25) is 38.5 Å². The first kappa shape index (κ1) is 89.2. The minimum absolute atomic E-state index is 0.0360. The topological polar surface area (TPSA) is 447 Å². The van der Waals surface area contributed by atoms with Gasteiger partial charge in [-0.15, -0.1) is 0 Å². The highest BCUT2D eigenvalue weighted by atomic mass is 16.7. The van der Waals surface area contributed by atoms with Crippen LogP contribution in [-0.4, -0.2) is 227 Å². The van der Waals surface area contributed by atoms with Crippen molar-refractivity contribution in [3.8, 4) is 0 Å². The van der Waals surface area contributed by atoms with E-state index >= 15 is 0 Å². The van der Waals surface area contributed by atoms with Gasteiger partial charge in [0.05, 0.1) is 59.2 Å². The van der Waals surface area contributed by atoms with Crippen LogP contribution in [0.25, 0.3) is 0 Å². The molecule has 0 bridgehead atoms. The van der Waals surface area contributed by atoms with E-state index in [2.05, 4.69) is 47.9 Å². The fraction of sp³-hybridized carbons (Fsp3) is 0.551. The van der Waals surface area contributed by atoms with E-state index in [4.69, 9.17) is 56.8 Å². The number of esters is 6. The van der Waals surface area contributed by atoms with Gasteiger partial charge in [-0.2, -0.15) is 0 Å². The fourth-order valence-electron chi connectivity index (χ4n) is 13.0. The summed E-state index contributed by atoms with van der Waals surface area (Å²) >= 11 is 0. The van der Waals surface area contributed by atoms with E-state index in [0.717, 1.165) is 75.7 Å². The Bertz CT molecular complexity index is 3690. The van der Waals surface area contributed by atoms with Gasteiger partial charge >= 0.3 is 41.9 Å². The molecule has 9 N–H and O–H groups in total. The van der Waals surface area contributed by atoms with Crippen LogP contribution in [0.1, 0.15) is 131 Å². The molecule has 10 heterocycles. The zero-order valence-electron chi connectivity index (χ0n) is 65.4. The van der Waals surface area contributed by atoms with Gasteiger partial charge in [-0.05, 0) is 142 Å². The SMILES string of the molecule is CCO[C@@H]1OC(=O)C=C1NC(=O)[C@@H]1CCCN1.CCO[C@@H]1OC(=O)C=C1NC(=O)[C@@H]1CCCN1.CCO[C@@H]1OC(=O)C=C1NC(=O)[C@@H]1CCCN1.CCO[C@@H]1OC(=O)C=C1NC(=O)[C@@H]1CCCN1C(=O)[C@@H](NC(=O)OCc1ccccc1)C(C)(C)C.CCO[C@@H]1OC(=O)C=C1NC(=O)[C@@H]1CCCN1CC(=O)OCc1ccccc1. The van der Waals surface area contributed by atoms with E-state index in [-0.39, 0.29) is 84.8 Å². The number of rotatable bonds is 28. The first-order valence-corrected chi connectivity index (χ1v) is 38.4. The summed E-state index contributed by atoms with van der Waals surface area (Å²) in [4.78, 5) is 159. The van der Waals surface area contributed by atoms with Gasteiger partial charge in [-0.25, -0.2) is 28.8 Å². The molecule has 114 heavy (non-hydrogen) atoms. The molecule has 7 amide bonds. The molecule has 10 aliphatic rings. The minimum atomic E-state index is -0.981. The number of cyclic esters (lactones) is 5. The van der Waals surface area contributed by atoms with Crippen LogP contribution in [0.3, 0.4) is 0 Å². The molecule has 36 heteroatoms. The Balaban J connectivity index is 0.000000185. The molecular weight excluding hydrogens is 1490 g/mol. The van der Waals surface area contributed by atoms with Crippen LogP contribution < -0.4 is 47.9 Å². The summed E-state index contributed by atoms with van der Waals surface area (Å²) in [5.41, 5.74) is 2.74. The van der Waals surface area contributed by atoms with Gasteiger partial charge in [0.2, 0.25) is 66.9 Å². The highest BCUT2D eigenvalue weighted by Crippen LogP contribution is 2.28. The molecule has 0 aliphatic carbocycles. The van der Waals surface area contributed by atoms with Crippen molar-refractivity contribution in [3.63, 3.8) is 0 Å². The second-order valence-electron chi connectivity index (χ2n) is 28.0. The van der Waals surface area contributed by atoms with Crippen LogP contribution in [0, 0.1) is 5.41 Å². The third kappa shape index (κ3) is 27.5. The van der Waals surface area contributed by atoms with Crippen LogP contribution in [0.15, 0.2) is 120 Å². The number of ether oxygens (including phenoxy) is 12. The highest BCUT2D eigenvalue weighted by Gasteiger charge is 2.44. The summed E-state index contributed by atoms with van der Waals surface area (Å²) in [5.74, 6) is -4.53. The summed E-state index contributed by atoms with van der Waals surface area (Å²) in [7, 11) is 0. The summed E-state index contributed by atoms with van der Waals surface area (Å²) in [6.07, 6.45) is 9.13. The van der Waals surface area contributed by atoms with Crippen molar-refractivity contribution < 1.29 is 119 Å². The molecule has 0 radical (unpaired) electrons. The number of carbonyl (C=O) groups excluding carboxylic acids is 13. The number of carbonyl (C=O) groups is 13. The summed E-state index contributed by atoms with van der Waals surface area (Å²) < 4.78 is 61.5. The van der Waals surface area contributed by atoms with Crippen molar-refractivity contribution >= 4 is 77.4 Å². The Hall–Kier alpha value is -10.3. The standard InChI is InChI=1S/C25H33N3O7.C20H24N2O6.3C11H16N2O4/c1-5-33-23-17(14-19(29)35-23)26-21(30)18-12-9-13-28(18)22(31)20(25(2,3)4)27-24(32)34-15-16-10-7-6-8-11-16;1-2-26-20-15(11-17(23)28-20)21-19(25)16-9-6-10-22(16)12-18(24)27-13-14-7-4-3-5-8-14;3*1-2-16-11-8(6-9(14)17-11)13-10(15)7-4-3-5-12-7/h6-8,10-11,14,18,20,23H,5,9,12-13,15H2,1-4H3,(H,26,30)(H,27,32);3-5,7-8,11,16,20H,2,6,9-10,12-13H2,1H3,(H,21,25);3*6-7,11-12H,2-5H2,1H3,(H,13,15)/t18-,20+,23+;16-,20+;3*7-,11+/m00000/s1. The first-order valence-electron chi connectivity index (χ1n) is 38.4. The van der Waals surface area contributed by atoms with Crippen LogP contribution in [0.4, 0.5) is 4.79 Å². The lowest BCUT2D eigenvalue weighted by atomic mass is 9.85. The van der Waals surface area contributed by atoms with Crippen molar-refractivity contribution in [2.24, 2.45) is 5.41 Å². The quantitative estimate of drug-likeness (QED) is 0.0436. The van der Waals surface area contributed by atoms with Crippen LogP contribution in [0.5, 0.6) is 0 Å². The van der Waals surface area contributed by atoms with Crippen LogP contribution in [0.2, 0.25) is 0 Å². The van der Waals surface area contributed by atoms with Gasteiger partial charge in [0.1, 0.15) is 25.3 Å². The molecule has 36 nitrogen and oxygen atoms in total. The van der Waals surface area contributed by atoms with Crippen molar-refractivity contribution in [2.75, 3.05) is 72.3 Å². The second kappa shape index (κ2) is 45.0. The second-order valence-corrected chi connectivity index (χ2v) is 28.0. The molecule has 5 saturated heterocycles. The Morgan fingerprint density at radius 2 is 0.754 bits per heavy atom. The smallest absolute Gasteiger partial charge is 0.408 e. The van der Waals surface area contributed by atoms with Crippen LogP contribution >= 0.6 is 0 Å². The maximum absolute atomic E-state index is 13.5. The van der Waals surface area contributed by atoms with Crippen LogP contribution in [-0.2, 0) is 128 Å². The molecule has 622 valence electrons. The number of amides is 7. The molecule has 12 rings (SSSR count). The molecule has 0 unspecified atom stereocenters. The highest BCUT2D eigenvalue weighted by molar-refractivity contribution is 5.95. The molecular formula is C78H105N11O25. The Labute approximate surface area is 660 Å². The maximum Gasteiger partial charge on any atom is 0.408 e. The largest absolute Gasteiger partial charge is 0.460 e. The van der Waals surface area contributed by atoms with Gasteiger partial charge in [-0.1, -0.05) is 81.4 Å². The molecule has 2 aromatic rings. The zero-order chi connectivity index (χ0) is 82.3. The Morgan fingerprint density at radius 1 is 0.430 bits per heavy atom. The third-order valence-corrected chi connectivity index (χ3v) is 18.5. The van der Waals surface area contributed by atoms with E-state index in [1.165, 1.54) is 35.3 Å². The van der Waals surface area contributed by atoms with Gasteiger partial charge in [0.15, 0.2) is 0 Å². The molecule has 11 atom stereocenters. The number of benzene rings is 2. The molecule has 10 aliphatic heterocycles. The number of nitrogens with zero attached hydrogens (tertiary/aromatic N) is 2. The lowest BCUT2D eigenvalue weighted by Crippen LogP contribution is -2.57. The Morgan fingerprint density at radius 3 is 1.09 bits per heavy atom. The normalized spacial score (nSPS) is 24.2. The van der Waals surface area contributed by atoms with E-state index in [9.17, 15) is 62.3 Å². The predicted octanol–water partition coefficient (Wildman–Crippen LogP) is 2.33. The van der Waals surface area contributed by atoms with E-state index in [1.54, 1.807) is 39.5 Å². The summed E-state index contributed by atoms with van der Waals surface area (Å²) in [6.45, 7) is 20.1. The summed E-state index contributed by atoms with van der Waals surface area (Å²) in [5, 5.41) is 25.3. The van der Waals surface area contributed by atoms with Crippen molar-refractivity contribution in [1.29, 1.82) is 0 Å². The number of hydrogen-bond donors (Lipinski definition) is 9. The zero-order valence-corrected chi connectivity index (χ0v) is 65.4. The lowest BCUT2D eigenvalue weighted by molar-refractivity contribution is -0.160. The van der Waals surface area contributed by atoms with Gasteiger partial charge < -0.3 is 110 Å². The predicted molar refractivity (Wildman–Crippen MR) is 400 cm³/mol. The van der Waals surface area contributed by atoms with Crippen molar-refractivity contribution in [2.45, 2.75) is 201 Å². The molecule has 0 saturated carbocycles. The number of likely N-dealkylation sites (tertiary alicyclic amines) is 2. The molecule has 0 spiro atoms. The molecule has 0 aromatic heterocycles. The van der Waals surface area contributed by atoms with Crippen molar-refractivity contribution in [3.05, 3.63) is 131 Å². The third-order valence-electron chi connectivity index (χ3n) is 18.5. The average molecular weight is 1600 g/mol. The lowest BCUT2D eigenvalue weighted by Gasteiger charge is -2.35. The summed E-state index contributed by atoms with van der Waals surface area (Å²) in [6, 6.07) is 16.0. The van der Waals surface area contributed by atoms with Crippen molar-refractivity contribution in [1.82, 2.24) is 57.7 Å². The number of hydrogen-bond acceptors (Lipinski definition) is 29. The minimum Gasteiger partial charge on any atom is -0.460 e. The Kier molecular flexibility index (Phi) is 35.2. The van der Waals surface area contributed by atoms with E-state index in [0.29, 0.717) is 82.5 Å². The first-order chi connectivity index (χ1) is 54.8. The number of alkyl carbamates (subject to hydrolysis) is 1. The maximum atomic E-state index is 13.5. The average Bonchev–Trinajstić information content (AvgIpc) is 1.56. The van der Waals surface area contributed by atoms with Gasteiger partial charge in [0, 0.05) is 70.0 Å². The number of nitrogens with one attached hydrogen (secondary N) is 9. The fourth-order valence-corrected chi connectivity index (χ4v) is 13.0.